The van der Waals surface area contributed by atoms with Gasteiger partial charge in [0.25, 0.3) is 0 Å². The Labute approximate surface area is 150 Å². The lowest BCUT2D eigenvalue weighted by atomic mass is 9.97. The number of halogens is 1. The highest BCUT2D eigenvalue weighted by Gasteiger charge is 2.26. The van der Waals surface area contributed by atoms with Gasteiger partial charge >= 0.3 is 0 Å². The maximum absolute atomic E-state index is 12.7. The van der Waals surface area contributed by atoms with Crippen LogP contribution in [0.25, 0.3) is 10.9 Å². The predicted molar refractivity (Wildman–Crippen MR) is 98.9 cm³/mol. The highest BCUT2D eigenvalue weighted by atomic mass is 35.5. The Balaban J connectivity index is 1.45. The number of fused-ring (bicyclic) bond motifs is 1. The third-order valence-corrected chi connectivity index (χ3v) is 4.76. The Bertz CT molecular complexity index is 892. The summed E-state index contributed by atoms with van der Waals surface area (Å²) in [4.78, 5) is 17.9. The minimum Gasteiger partial charge on any atom is -0.361 e. The molecule has 0 unspecified atom stereocenters. The molecule has 0 bridgehead atoms. The average molecular weight is 356 g/mol. The van der Waals surface area contributed by atoms with E-state index in [-0.39, 0.29) is 11.8 Å². The quantitative estimate of drug-likeness (QED) is 0.754. The summed E-state index contributed by atoms with van der Waals surface area (Å²) in [7, 11) is 0. The molecule has 1 fully saturated rings. The number of H-pyrrole nitrogens is 1. The first kappa shape index (κ1) is 15.9. The van der Waals surface area contributed by atoms with Crippen molar-refractivity contribution in [3.63, 3.8) is 0 Å². The summed E-state index contributed by atoms with van der Waals surface area (Å²) in [6, 6.07) is 11.5. The number of rotatable bonds is 3. The molecule has 0 aliphatic carbocycles. The maximum Gasteiger partial charge on any atom is 0.229 e. The van der Waals surface area contributed by atoms with E-state index in [1.165, 1.54) is 0 Å². The van der Waals surface area contributed by atoms with Crippen molar-refractivity contribution in [1.29, 1.82) is 0 Å². The summed E-state index contributed by atoms with van der Waals surface area (Å²) >= 11 is 5.79. The van der Waals surface area contributed by atoms with Crippen molar-refractivity contribution in [2.45, 2.75) is 12.8 Å². The van der Waals surface area contributed by atoms with E-state index in [0.29, 0.717) is 11.7 Å². The second kappa shape index (κ2) is 6.72. The number of anilines is 2. The van der Waals surface area contributed by atoms with Crippen molar-refractivity contribution in [3.05, 3.63) is 47.7 Å². The summed E-state index contributed by atoms with van der Waals surface area (Å²) in [5, 5.41) is 12.5. The van der Waals surface area contributed by atoms with Crippen LogP contribution in [0.15, 0.2) is 42.6 Å². The molecule has 3 aromatic rings. The fourth-order valence-electron chi connectivity index (χ4n) is 3.25. The molecule has 0 saturated carbocycles. The number of benzene rings is 1. The molecule has 1 aliphatic heterocycles. The van der Waals surface area contributed by atoms with Gasteiger partial charge in [-0.3, -0.25) is 4.79 Å². The highest BCUT2D eigenvalue weighted by Crippen LogP contribution is 2.24. The second-order valence-electron chi connectivity index (χ2n) is 6.27. The number of carbonyl (C=O) groups is 1. The summed E-state index contributed by atoms with van der Waals surface area (Å²) in [6.45, 7) is 1.50. The van der Waals surface area contributed by atoms with Crippen molar-refractivity contribution in [1.82, 2.24) is 15.2 Å². The van der Waals surface area contributed by atoms with Gasteiger partial charge in [-0.15, -0.1) is 10.2 Å². The van der Waals surface area contributed by atoms with Gasteiger partial charge in [-0.1, -0.05) is 17.7 Å². The van der Waals surface area contributed by atoms with E-state index in [2.05, 4.69) is 25.4 Å². The van der Waals surface area contributed by atoms with Crippen LogP contribution in [0.5, 0.6) is 0 Å². The number of nitrogens with one attached hydrogen (secondary N) is 2. The van der Waals surface area contributed by atoms with E-state index in [1.54, 1.807) is 6.07 Å². The Morgan fingerprint density at radius 2 is 2.16 bits per heavy atom. The number of aromatic nitrogens is 3. The Kier molecular flexibility index (Phi) is 4.28. The smallest absolute Gasteiger partial charge is 0.229 e. The molecule has 3 heterocycles. The van der Waals surface area contributed by atoms with Crippen LogP contribution in [-0.2, 0) is 4.79 Å². The zero-order valence-corrected chi connectivity index (χ0v) is 14.3. The fourth-order valence-corrected chi connectivity index (χ4v) is 3.35. The fraction of sp³-hybridized carbons (Fsp3) is 0.278. The van der Waals surface area contributed by atoms with E-state index in [0.717, 1.165) is 41.8 Å². The van der Waals surface area contributed by atoms with Crippen molar-refractivity contribution < 1.29 is 4.79 Å². The van der Waals surface area contributed by atoms with Gasteiger partial charge in [0.1, 0.15) is 0 Å². The number of carbonyl (C=O) groups excluding carboxylic acids is 1. The van der Waals surface area contributed by atoms with Gasteiger partial charge in [0.2, 0.25) is 5.91 Å². The zero-order valence-electron chi connectivity index (χ0n) is 13.6. The molecule has 2 N–H and O–H groups in total. The van der Waals surface area contributed by atoms with Gasteiger partial charge in [0.15, 0.2) is 11.0 Å². The molecule has 0 spiro atoms. The largest absolute Gasteiger partial charge is 0.361 e. The topological polar surface area (TPSA) is 73.9 Å². The molecule has 1 atom stereocenters. The summed E-state index contributed by atoms with van der Waals surface area (Å²) in [5.41, 5.74) is 1.82. The first-order chi connectivity index (χ1) is 12.2. The van der Waals surface area contributed by atoms with Crippen LogP contribution in [0.4, 0.5) is 11.5 Å². The number of hydrogen-bond donors (Lipinski definition) is 2. The van der Waals surface area contributed by atoms with E-state index < -0.39 is 0 Å². The first-order valence-corrected chi connectivity index (χ1v) is 8.69. The molecule has 1 aromatic carbocycles. The highest BCUT2D eigenvalue weighted by molar-refractivity contribution is 6.29. The zero-order chi connectivity index (χ0) is 17.2. The second-order valence-corrected chi connectivity index (χ2v) is 6.66. The molecule has 0 radical (unpaired) electrons. The number of nitrogens with zero attached hydrogens (tertiary/aromatic N) is 3. The van der Waals surface area contributed by atoms with Crippen molar-refractivity contribution in [2.75, 3.05) is 23.3 Å². The van der Waals surface area contributed by atoms with E-state index in [1.807, 2.05) is 36.5 Å². The van der Waals surface area contributed by atoms with E-state index in [4.69, 9.17) is 11.6 Å². The number of hydrogen-bond acceptors (Lipinski definition) is 4. The minimum atomic E-state index is -0.0782. The summed E-state index contributed by atoms with van der Waals surface area (Å²) in [6.07, 6.45) is 3.70. The van der Waals surface area contributed by atoms with E-state index in [9.17, 15) is 4.79 Å². The van der Waals surface area contributed by atoms with Crippen LogP contribution in [0.1, 0.15) is 12.8 Å². The molecular weight excluding hydrogens is 338 g/mol. The van der Waals surface area contributed by atoms with Crippen LogP contribution in [0.2, 0.25) is 5.15 Å². The third kappa shape index (κ3) is 3.44. The monoisotopic (exact) mass is 355 g/mol. The molecule has 7 heteroatoms. The van der Waals surface area contributed by atoms with Crippen LogP contribution in [0.3, 0.4) is 0 Å². The molecule has 6 nitrogen and oxygen atoms in total. The first-order valence-electron chi connectivity index (χ1n) is 8.31. The van der Waals surface area contributed by atoms with Crippen LogP contribution in [0, 0.1) is 5.92 Å². The Morgan fingerprint density at radius 3 is 3.00 bits per heavy atom. The molecule has 1 aliphatic rings. The van der Waals surface area contributed by atoms with Gasteiger partial charge in [0.05, 0.1) is 5.92 Å². The third-order valence-electron chi connectivity index (χ3n) is 4.56. The summed E-state index contributed by atoms with van der Waals surface area (Å²) < 4.78 is 0. The van der Waals surface area contributed by atoms with Crippen LogP contribution >= 0.6 is 11.6 Å². The Hall–Kier alpha value is -2.60. The normalized spacial score (nSPS) is 17.6. The average Bonchev–Trinajstić information content (AvgIpc) is 3.10. The number of piperidine rings is 1. The maximum atomic E-state index is 12.7. The lowest BCUT2D eigenvalue weighted by Gasteiger charge is -2.32. The lowest BCUT2D eigenvalue weighted by molar-refractivity contribution is -0.120. The van der Waals surface area contributed by atoms with Gasteiger partial charge in [-0.05, 0) is 48.6 Å². The molecule has 25 heavy (non-hydrogen) atoms. The molecule has 4 rings (SSSR count). The molecule has 1 saturated heterocycles. The Morgan fingerprint density at radius 1 is 1.24 bits per heavy atom. The summed E-state index contributed by atoms with van der Waals surface area (Å²) in [5.74, 6) is 0.720. The van der Waals surface area contributed by atoms with Gasteiger partial charge in [-0.25, -0.2) is 0 Å². The lowest BCUT2D eigenvalue weighted by Crippen LogP contribution is -2.41. The molecule has 2 aromatic heterocycles. The van der Waals surface area contributed by atoms with Gasteiger partial charge in [0, 0.05) is 30.5 Å². The van der Waals surface area contributed by atoms with Crippen molar-refractivity contribution >= 4 is 39.9 Å². The van der Waals surface area contributed by atoms with Crippen LogP contribution < -0.4 is 10.2 Å². The number of aromatic amines is 1. The molecular formula is C18H18ClN5O. The molecule has 128 valence electrons. The van der Waals surface area contributed by atoms with Crippen molar-refractivity contribution in [2.24, 2.45) is 5.92 Å². The molecule has 1 amide bonds. The number of amides is 1. The van der Waals surface area contributed by atoms with E-state index >= 15 is 0 Å². The van der Waals surface area contributed by atoms with Crippen LogP contribution in [-0.4, -0.2) is 34.2 Å². The van der Waals surface area contributed by atoms with Gasteiger partial charge < -0.3 is 15.2 Å². The standard InChI is InChI=1S/C18H18ClN5O/c19-16-5-6-17(23-22-16)24-9-1-2-13(11-24)18(25)21-14-4-3-12-7-8-20-15(12)10-14/h3-8,10,13,20H,1-2,9,11H2,(H,21,25)/t13-/m1/s1. The SMILES string of the molecule is O=C(Nc1ccc2cc[nH]c2c1)[C@@H]1CCCN(c2ccc(Cl)nn2)C1. The van der Waals surface area contributed by atoms with Crippen molar-refractivity contribution in [3.8, 4) is 0 Å². The van der Waals surface area contributed by atoms with Gasteiger partial charge in [-0.2, -0.15) is 0 Å². The predicted octanol–water partition coefficient (Wildman–Crippen LogP) is 3.47. The minimum absolute atomic E-state index is 0.0394.